The van der Waals surface area contributed by atoms with E-state index in [-0.39, 0.29) is 42.3 Å². The molecule has 2 aliphatic rings. The highest BCUT2D eigenvalue weighted by atomic mass is 32.2. The molecular weight excluding hydrogens is 444 g/mol. The van der Waals surface area contributed by atoms with E-state index in [9.17, 15) is 26.8 Å². The third kappa shape index (κ3) is 4.17. The van der Waals surface area contributed by atoms with Gasteiger partial charge in [-0.15, -0.1) is 11.3 Å². The molecule has 4 rings (SSSR count). The van der Waals surface area contributed by atoms with E-state index >= 15 is 0 Å². The number of hydrogen-bond acceptors (Lipinski definition) is 5. The Morgan fingerprint density at radius 1 is 1.29 bits per heavy atom. The first-order chi connectivity index (χ1) is 14.5. The van der Waals surface area contributed by atoms with Crippen LogP contribution >= 0.6 is 11.3 Å². The SMILES string of the molecule is CN1C[C@H](c2csc3c2CCC(F)(F)C3)[C@@H](C(=O)Cc2ccccc2S(C)(=O)=O)C1=O. The smallest absolute Gasteiger partial charge is 0.253 e. The van der Waals surface area contributed by atoms with Crippen LogP contribution in [0.3, 0.4) is 0 Å². The fourth-order valence-corrected chi connectivity index (χ4v) is 6.85. The van der Waals surface area contributed by atoms with Gasteiger partial charge in [0.15, 0.2) is 9.84 Å². The third-order valence-electron chi connectivity index (χ3n) is 6.17. The summed E-state index contributed by atoms with van der Waals surface area (Å²) in [6.45, 7) is 0.336. The minimum atomic E-state index is -3.52. The van der Waals surface area contributed by atoms with Crippen molar-refractivity contribution in [3.05, 3.63) is 51.2 Å². The van der Waals surface area contributed by atoms with Crippen LogP contribution in [0, 0.1) is 5.92 Å². The van der Waals surface area contributed by atoms with Crippen LogP contribution in [0.5, 0.6) is 0 Å². The first-order valence-electron chi connectivity index (χ1n) is 10.0. The van der Waals surface area contributed by atoms with E-state index in [0.29, 0.717) is 17.0 Å². The second-order valence-corrected chi connectivity index (χ2v) is 11.4. The van der Waals surface area contributed by atoms with Gasteiger partial charge in [-0.25, -0.2) is 17.2 Å². The Morgan fingerprint density at radius 2 is 2.00 bits per heavy atom. The first-order valence-corrected chi connectivity index (χ1v) is 12.8. The number of nitrogens with zero attached hydrogens (tertiary/aromatic N) is 1. The van der Waals surface area contributed by atoms with Crippen LogP contribution in [-0.4, -0.2) is 50.8 Å². The van der Waals surface area contributed by atoms with Crippen LogP contribution in [0.4, 0.5) is 8.78 Å². The van der Waals surface area contributed by atoms with Gasteiger partial charge in [-0.2, -0.15) is 0 Å². The Labute approximate surface area is 184 Å². The summed E-state index contributed by atoms with van der Waals surface area (Å²) >= 11 is 1.27. The second-order valence-electron chi connectivity index (χ2n) is 8.45. The molecule has 1 amide bonds. The first kappa shape index (κ1) is 22.1. The second kappa shape index (κ2) is 7.78. The molecule has 0 N–H and O–H groups in total. The maximum absolute atomic E-state index is 13.8. The molecule has 166 valence electrons. The summed E-state index contributed by atoms with van der Waals surface area (Å²) in [5.74, 6) is -4.74. The molecule has 2 atom stereocenters. The van der Waals surface area contributed by atoms with Gasteiger partial charge in [0.05, 0.1) is 4.90 Å². The van der Waals surface area contributed by atoms with Crippen molar-refractivity contribution in [2.75, 3.05) is 19.8 Å². The van der Waals surface area contributed by atoms with Gasteiger partial charge >= 0.3 is 0 Å². The lowest BCUT2D eigenvalue weighted by Gasteiger charge is -2.24. The van der Waals surface area contributed by atoms with Gasteiger partial charge in [0, 0.05) is 49.9 Å². The lowest BCUT2D eigenvalue weighted by molar-refractivity contribution is -0.136. The number of halogens is 2. The highest BCUT2D eigenvalue weighted by Gasteiger charge is 2.46. The molecular formula is C22H23F2NO4S2. The van der Waals surface area contributed by atoms with E-state index < -0.39 is 27.6 Å². The number of likely N-dealkylation sites (N-methyl/N-ethyl adjacent to an activating group) is 1. The molecule has 31 heavy (non-hydrogen) atoms. The summed E-state index contributed by atoms with van der Waals surface area (Å²) in [6, 6.07) is 6.29. The predicted octanol–water partition coefficient (Wildman–Crippen LogP) is 3.26. The molecule has 0 bridgehead atoms. The van der Waals surface area contributed by atoms with E-state index in [1.807, 2.05) is 5.38 Å². The van der Waals surface area contributed by atoms with Crippen molar-refractivity contribution < 1.29 is 26.8 Å². The number of benzene rings is 1. The molecule has 1 fully saturated rings. The number of amides is 1. The fraction of sp³-hybridized carbons (Fsp3) is 0.455. The molecule has 1 aliphatic carbocycles. The van der Waals surface area contributed by atoms with Gasteiger partial charge in [-0.3, -0.25) is 9.59 Å². The average molecular weight is 468 g/mol. The van der Waals surface area contributed by atoms with E-state index in [1.165, 1.54) is 22.3 Å². The summed E-state index contributed by atoms with van der Waals surface area (Å²) < 4.78 is 51.8. The lowest BCUT2D eigenvalue weighted by atomic mass is 9.80. The summed E-state index contributed by atoms with van der Waals surface area (Å²) in [7, 11) is -1.90. The summed E-state index contributed by atoms with van der Waals surface area (Å²) in [5, 5.41) is 1.81. The van der Waals surface area contributed by atoms with E-state index in [0.717, 1.165) is 17.4 Å². The van der Waals surface area contributed by atoms with Crippen LogP contribution in [0.2, 0.25) is 0 Å². The molecule has 0 spiro atoms. The molecule has 5 nitrogen and oxygen atoms in total. The van der Waals surface area contributed by atoms with E-state index in [1.54, 1.807) is 25.2 Å². The number of fused-ring (bicyclic) bond motifs is 1. The minimum absolute atomic E-state index is 0.0776. The quantitative estimate of drug-likeness (QED) is 0.633. The van der Waals surface area contributed by atoms with Crippen molar-refractivity contribution in [1.29, 1.82) is 0 Å². The standard InChI is InChI=1S/C22H23F2NO4S2/c1-25-11-15(16-12-30-18-10-22(23,24)8-7-14(16)18)20(21(25)27)17(26)9-13-5-3-4-6-19(13)31(2,28)29/h3-6,12,15,20H,7-11H2,1-2H3/t15-,20+/m1/s1. The molecule has 1 saturated heterocycles. The molecule has 0 unspecified atom stereocenters. The normalized spacial score (nSPS) is 23.1. The number of Topliss-reactive ketones (excluding diaryl/α,β-unsaturated/α-hetero) is 1. The van der Waals surface area contributed by atoms with Crippen molar-refractivity contribution in [1.82, 2.24) is 4.90 Å². The summed E-state index contributed by atoms with van der Waals surface area (Å²) in [6.07, 6.45) is 0.604. The number of likely N-dealkylation sites (tertiary alicyclic amines) is 1. The van der Waals surface area contributed by atoms with Gasteiger partial charge in [-0.05, 0) is 34.6 Å². The molecule has 9 heteroatoms. The molecule has 1 aromatic heterocycles. The Kier molecular flexibility index (Phi) is 5.54. The molecule has 0 saturated carbocycles. The number of ketones is 1. The van der Waals surface area contributed by atoms with Gasteiger partial charge in [0.1, 0.15) is 11.7 Å². The molecule has 1 aromatic carbocycles. The van der Waals surface area contributed by atoms with Crippen LogP contribution in [-0.2, 0) is 38.7 Å². The highest BCUT2D eigenvalue weighted by Crippen LogP contribution is 2.44. The van der Waals surface area contributed by atoms with Gasteiger partial charge in [0.25, 0.3) is 5.92 Å². The zero-order valence-electron chi connectivity index (χ0n) is 17.2. The molecule has 2 heterocycles. The van der Waals surface area contributed by atoms with Crippen LogP contribution in [0.1, 0.15) is 33.9 Å². The van der Waals surface area contributed by atoms with Crippen LogP contribution in [0.15, 0.2) is 34.5 Å². The number of alkyl halides is 2. The van der Waals surface area contributed by atoms with Gasteiger partial charge in [-0.1, -0.05) is 18.2 Å². The van der Waals surface area contributed by atoms with Crippen molar-refractivity contribution >= 4 is 32.9 Å². The summed E-state index contributed by atoms with van der Waals surface area (Å²) in [4.78, 5) is 28.3. The average Bonchev–Trinajstić information content (AvgIpc) is 3.20. The number of rotatable bonds is 5. The van der Waals surface area contributed by atoms with E-state index in [2.05, 4.69) is 0 Å². The van der Waals surface area contributed by atoms with Crippen LogP contribution in [0.25, 0.3) is 0 Å². The number of sulfone groups is 1. The maximum Gasteiger partial charge on any atom is 0.253 e. The number of thiophene rings is 1. The highest BCUT2D eigenvalue weighted by molar-refractivity contribution is 7.90. The third-order valence-corrected chi connectivity index (χ3v) is 8.42. The Morgan fingerprint density at radius 3 is 2.71 bits per heavy atom. The number of carbonyl (C=O) groups is 2. The zero-order chi connectivity index (χ0) is 22.6. The Bertz CT molecular complexity index is 1160. The Hall–Kier alpha value is -2.13. The van der Waals surface area contributed by atoms with Gasteiger partial charge in [0.2, 0.25) is 5.91 Å². The van der Waals surface area contributed by atoms with Crippen molar-refractivity contribution in [3.63, 3.8) is 0 Å². The monoisotopic (exact) mass is 467 g/mol. The molecule has 2 aromatic rings. The number of carbonyl (C=O) groups excluding carboxylic acids is 2. The molecule has 0 radical (unpaired) electrons. The topological polar surface area (TPSA) is 71.5 Å². The fourth-order valence-electron chi connectivity index (χ4n) is 4.66. The van der Waals surface area contributed by atoms with Crippen molar-refractivity contribution in [3.8, 4) is 0 Å². The molecule has 1 aliphatic heterocycles. The van der Waals surface area contributed by atoms with Crippen molar-refractivity contribution in [2.45, 2.75) is 42.4 Å². The van der Waals surface area contributed by atoms with Crippen LogP contribution < -0.4 is 0 Å². The number of hydrogen-bond donors (Lipinski definition) is 0. The van der Waals surface area contributed by atoms with E-state index in [4.69, 9.17) is 0 Å². The van der Waals surface area contributed by atoms with Gasteiger partial charge < -0.3 is 4.90 Å². The predicted molar refractivity (Wildman–Crippen MR) is 113 cm³/mol. The van der Waals surface area contributed by atoms with Crippen molar-refractivity contribution in [2.24, 2.45) is 5.92 Å². The minimum Gasteiger partial charge on any atom is -0.344 e. The maximum atomic E-state index is 13.8. The largest absolute Gasteiger partial charge is 0.344 e. The lowest BCUT2D eigenvalue weighted by Crippen LogP contribution is -2.30. The summed E-state index contributed by atoms with van der Waals surface area (Å²) in [5.41, 5.74) is 2.02. The Balaban J connectivity index is 1.66. The zero-order valence-corrected chi connectivity index (χ0v) is 18.9.